The smallest absolute Gasteiger partial charge is 0.127 e. The molecule has 0 bridgehead atoms. The van der Waals surface area contributed by atoms with Crippen molar-refractivity contribution in [3.63, 3.8) is 0 Å². The van der Waals surface area contributed by atoms with Crippen LogP contribution in [0, 0.1) is 0 Å². The first kappa shape index (κ1) is 10.6. The quantitative estimate of drug-likeness (QED) is 0.641. The molecule has 0 aliphatic rings. The third-order valence-corrected chi connectivity index (χ3v) is 0.962. The molecule has 1 N–H and O–H groups in total. The van der Waals surface area contributed by atoms with Crippen LogP contribution in [-0.4, -0.2) is 7.05 Å². The van der Waals surface area contributed by atoms with Crippen molar-refractivity contribution >= 4 is 0 Å². The van der Waals surface area contributed by atoms with E-state index < -0.39 is 11.7 Å². The van der Waals surface area contributed by atoms with Crippen LogP contribution < -0.4 is 5.32 Å². The van der Waals surface area contributed by atoms with Crippen molar-refractivity contribution in [3.05, 3.63) is 48.7 Å². The lowest BCUT2D eigenvalue weighted by Crippen LogP contribution is -1.90. The summed E-state index contributed by atoms with van der Waals surface area (Å²) in [5, 5.41) is 2.58. The van der Waals surface area contributed by atoms with Gasteiger partial charge < -0.3 is 5.32 Å². The van der Waals surface area contributed by atoms with Crippen molar-refractivity contribution < 1.29 is 8.78 Å². The standard InChI is InChI=1S/C9H11F2N/c1-3-4-8(10)7-9(11)5-6-12-2/h3-7,12H,1H2,2H3/b6-5+,8-4-,9-7+. The van der Waals surface area contributed by atoms with Crippen LogP contribution in [0.5, 0.6) is 0 Å². The van der Waals surface area contributed by atoms with Crippen LogP contribution >= 0.6 is 0 Å². The van der Waals surface area contributed by atoms with Crippen molar-refractivity contribution in [1.82, 2.24) is 5.32 Å². The zero-order valence-corrected chi connectivity index (χ0v) is 6.85. The highest BCUT2D eigenvalue weighted by atomic mass is 19.1. The molecule has 0 unspecified atom stereocenters. The lowest BCUT2D eigenvalue weighted by molar-refractivity contribution is 0.630. The summed E-state index contributed by atoms with van der Waals surface area (Å²) in [6, 6.07) is 0. The van der Waals surface area contributed by atoms with E-state index in [1.54, 1.807) is 7.05 Å². The summed E-state index contributed by atoms with van der Waals surface area (Å²) < 4.78 is 25.1. The molecule has 0 radical (unpaired) electrons. The average Bonchev–Trinajstić information content (AvgIpc) is 2.01. The van der Waals surface area contributed by atoms with Crippen LogP contribution in [0.25, 0.3) is 0 Å². The van der Waals surface area contributed by atoms with E-state index in [1.807, 2.05) is 0 Å². The maximum atomic E-state index is 12.6. The fourth-order valence-electron chi connectivity index (χ4n) is 0.503. The fraction of sp³-hybridized carbons (Fsp3) is 0.111. The van der Waals surface area contributed by atoms with E-state index >= 15 is 0 Å². The largest absolute Gasteiger partial charge is 0.394 e. The molecule has 0 aromatic rings. The number of allylic oxidation sites excluding steroid dienone is 6. The first-order valence-corrected chi connectivity index (χ1v) is 3.40. The molecule has 66 valence electrons. The maximum absolute atomic E-state index is 12.6. The average molecular weight is 171 g/mol. The lowest BCUT2D eigenvalue weighted by atomic mass is 10.4. The molecule has 0 fully saturated rings. The van der Waals surface area contributed by atoms with Crippen molar-refractivity contribution in [3.8, 4) is 0 Å². The Bertz CT molecular complexity index is 227. The SMILES string of the molecule is C=C/C=C(F)/C=C(F)\C=C\NC. The number of rotatable bonds is 4. The maximum Gasteiger partial charge on any atom is 0.127 e. The van der Waals surface area contributed by atoms with Crippen LogP contribution in [-0.2, 0) is 0 Å². The minimum Gasteiger partial charge on any atom is -0.394 e. The normalized spacial score (nSPS) is 13.6. The Hall–Kier alpha value is -1.38. The summed E-state index contributed by atoms with van der Waals surface area (Å²) in [6.45, 7) is 3.27. The van der Waals surface area contributed by atoms with E-state index in [0.717, 1.165) is 18.2 Å². The van der Waals surface area contributed by atoms with Crippen molar-refractivity contribution in [2.75, 3.05) is 7.05 Å². The first-order valence-electron chi connectivity index (χ1n) is 3.40. The molecule has 0 aromatic carbocycles. The monoisotopic (exact) mass is 171 g/mol. The number of nitrogens with one attached hydrogen (secondary N) is 1. The summed E-state index contributed by atoms with van der Waals surface area (Å²) in [6.07, 6.45) is 5.59. The second-order valence-electron chi connectivity index (χ2n) is 1.94. The second kappa shape index (κ2) is 6.34. The molecule has 0 aliphatic carbocycles. The van der Waals surface area contributed by atoms with Crippen LogP contribution in [0.2, 0.25) is 0 Å². The van der Waals surface area contributed by atoms with E-state index in [1.165, 1.54) is 12.3 Å². The highest BCUT2D eigenvalue weighted by Gasteiger charge is 1.90. The van der Waals surface area contributed by atoms with Gasteiger partial charge in [0.2, 0.25) is 0 Å². The van der Waals surface area contributed by atoms with Crippen LogP contribution in [0.1, 0.15) is 0 Å². The fourth-order valence-corrected chi connectivity index (χ4v) is 0.503. The lowest BCUT2D eigenvalue weighted by Gasteiger charge is -1.87. The topological polar surface area (TPSA) is 12.0 Å². The Morgan fingerprint density at radius 2 is 2.00 bits per heavy atom. The Morgan fingerprint density at radius 1 is 1.33 bits per heavy atom. The molecule has 0 amide bonds. The summed E-state index contributed by atoms with van der Waals surface area (Å²) in [5.74, 6) is -1.32. The summed E-state index contributed by atoms with van der Waals surface area (Å²) >= 11 is 0. The summed E-state index contributed by atoms with van der Waals surface area (Å²) in [7, 11) is 1.62. The highest BCUT2D eigenvalue weighted by molar-refractivity contribution is 5.23. The van der Waals surface area contributed by atoms with E-state index in [-0.39, 0.29) is 0 Å². The molecule has 12 heavy (non-hydrogen) atoms. The van der Waals surface area contributed by atoms with Gasteiger partial charge in [0.15, 0.2) is 0 Å². The molecule has 0 heterocycles. The third-order valence-electron chi connectivity index (χ3n) is 0.962. The van der Waals surface area contributed by atoms with Crippen molar-refractivity contribution in [2.24, 2.45) is 0 Å². The zero-order valence-electron chi connectivity index (χ0n) is 6.85. The number of hydrogen-bond donors (Lipinski definition) is 1. The van der Waals surface area contributed by atoms with Gasteiger partial charge in [-0.3, -0.25) is 0 Å². The molecule has 0 rings (SSSR count). The Kier molecular flexibility index (Phi) is 5.61. The van der Waals surface area contributed by atoms with Gasteiger partial charge in [0.1, 0.15) is 11.7 Å². The summed E-state index contributed by atoms with van der Waals surface area (Å²) in [5.41, 5.74) is 0. The van der Waals surface area contributed by atoms with Gasteiger partial charge in [0, 0.05) is 13.1 Å². The highest BCUT2D eigenvalue weighted by Crippen LogP contribution is 2.06. The molecule has 0 aromatic heterocycles. The van der Waals surface area contributed by atoms with Crippen LogP contribution in [0.3, 0.4) is 0 Å². The van der Waals surface area contributed by atoms with E-state index in [2.05, 4.69) is 11.9 Å². The predicted molar refractivity (Wildman–Crippen MR) is 46.8 cm³/mol. The third kappa shape index (κ3) is 5.41. The molecule has 0 atom stereocenters. The minimum absolute atomic E-state index is 0.653. The minimum atomic E-state index is -0.664. The van der Waals surface area contributed by atoms with Gasteiger partial charge in [-0.1, -0.05) is 12.7 Å². The van der Waals surface area contributed by atoms with Gasteiger partial charge in [0.05, 0.1) is 0 Å². The summed E-state index contributed by atoms with van der Waals surface area (Å²) in [4.78, 5) is 0. The molecule has 1 nitrogen and oxygen atoms in total. The number of hydrogen-bond acceptors (Lipinski definition) is 1. The Balaban J connectivity index is 4.24. The van der Waals surface area contributed by atoms with Gasteiger partial charge in [-0.2, -0.15) is 0 Å². The van der Waals surface area contributed by atoms with E-state index in [4.69, 9.17) is 0 Å². The van der Waals surface area contributed by atoms with Gasteiger partial charge in [-0.15, -0.1) is 0 Å². The van der Waals surface area contributed by atoms with Crippen LogP contribution in [0.15, 0.2) is 48.7 Å². The molecule has 3 heteroatoms. The molecule has 0 saturated carbocycles. The Labute approximate surface area is 70.8 Å². The van der Waals surface area contributed by atoms with Gasteiger partial charge >= 0.3 is 0 Å². The van der Waals surface area contributed by atoms with E-state index in [9.17, 15) is 8.78 Å². The van der Waals surface area contributed by atoms with Crippen LogP contribution in [0.4, 0.5) is 8.78 Å². The Morgan fingerprint density at radius 3 is 2.50 bits per heavy atom. The zero-order chi connectivity index (χ0) is 9.40. The number of halogens is 2. The molecular formula is C9H11F2N. The van der Waals surface area contributed by atoms with E-state index in [0.29, 0.717) is 0 Å². The van der Waals surface area contributed by atoms with Gasteiger partial charge in [0.25, 0.3) is 0 Å². The predicted octanol–water partition coefficient (Wildman–Crippen LogP) is 2.61. The van der Waals surface area contributed by atoms with Gasteiger partial charge in [-0.25, -0.2) is 8.78 Å². The molecule has 0 saturated heterocycles. The molecule has 0 aliphatic heterocycles. The molecule has 0 spiro atoms. The van der Waals surface area contributed by atoms with Gasteiger partial charge in [-0.05, 0) is 18.4 Å². The van der Waals surface area contributed by atoms with Crippen molar-refractivity contribution in [1.29, 1.82) is 0 Å². The second-order valence-corrected chi connectivity index (χ2v) is 1.94. The molecular weight excluding hydrogens is 160 g/mol. The first-order chi connectivity index (χ1) is 5.70. The van der Waals surface area contributed by atoms with Crippen molar-refractivity contribution in [2.45, 2.75) is 0 Å².